The molecule has 0 aromatic heterocycles. The van der Waals surface area contributed by atoms with Crippen molar-refractivity contribution in [1.82, 2.24) is 0 Å². The second-order valence-corrected chi connectivity index (χ2v) is 4.53. The van der Waals surface area contributed by atoms with Crippen molar-refractivity contribution in [2.75, 3.05) is 0 Å². The first-order valence-corrected chi connectivity index (χ1v) is 5.01. The molecule has 0 spiro atoms. The largest absolute Gasteiger partial charge is 0.673 e. The molecule has 0 unspecified atom stereocenters. The highest BCUT2D eigenvalue weighted by Crippen LogP contribution is 2.28. The van der Waals surface area contributed by atoms with Gasteiger partial charge in [-0.05, 0) is 11.0 Å². The van der Waals surface area contributed by atoms with Crippen LogP contribution in [0, 0.1) is 5.41 Å². The van der Waals surface area contributed by atoms with Crippen LogP contribution in [0.1, 0.15) is 27.2 Å². The summed E-state index contributed by atoms with van der Waals surface area (Å²) in [6.07, 6.45) is 6.72. The fourth-order valence-electron chi connectivity index (χ4n) is 1.17. The van der Waals surface area contributed by atoms with E-state index in [1.165, 1.54) is 5.57 Å². The zero-order chi connectivity index (χ0) is 13.7. The van der Waals surface area contributed by atoms with Gasteiger partial charge >= 0.3 is 7.25 Å². The van der Waals surface area contributed by atoms with Gasteiger partial charge in [0.1, 0.15) is 0 Å². The summed E-state index contributed by atoms with van der Waals surface area (Å²) < 4.78 is 39.0. The molecule has 17 heavy (non-hydrogen) atoms. The van der Waals surface area contributed by atoms with Gasteiger partial charge in [-0.3, -0.25) is 0 Å². The lowest BCUT2D eigenvalue weighted by Gasteiger charge is -2.21. The Kier molecular flexibility index (Phi) is 5.36. The average Bonchev–Trinajstić information content (AvgIpc) is 2.14. The summed E-state index contributed by atoms with van der Waals surface area (Å²) in [6, 6.07) is 0. The van der Waals surface area contributed by atoms with Crippen molar-refractivity contribution in [2.24, 2.45) is 5.41 Å². The Labute approximate surface area is 97.7 Å². The Morgan fingerprint density at radius 1 is 1.18 bits per heavy atom. The van der Waals surface area contributed by atoms with E-state index < -0.39 is 7.25 Å². The Balaban J connectivity index is 0.000000437. The average molecular weight is 249 g/mol. The molecule has 0 fully saturated rings. The molecule has 0 N–H and O–H groups in total. The monoisotopic (exact) mass is 249 g/mol. The minimum atomic E-state index is -6.00. The molecule has 0 atom stereocenters. The van der Waals surface area contributed by atoms with Crippen LogP contribution in [0.5, 0.6) is 0 Å². The van der Waals surface area contributed by atoms with Crippen molar-refractivity contribution < 1.29 is 22.1 Å². The topological polar surface area (TPSA) is 36.4 Å². The number of allylic oxidation sites excluding steroid dienone is 4. The minimum Gasteiger partial charge on any atom is -0.418 e. The van der Waals surface area contributed by atoms with Gasteiger partial charge in [-0.1, -0.05) is 32.9 Å². The third-order valence-electron chi connectivity index (χ3n) is 1.98. The quantitative estimate of drug-likeness (QED) is 0.270. The molecule has 96 valence electrons. The Morgan fingerprint density at radius 3 is 1.88 bits per heavy atom. The van der Waals surface area contributed by atoms with E-state index in [1.807, 2.05) is 12.2 Å². The molecule has 7 heteroatoms. The number of halogens is 4. The molecule has 0 aromatic carbocycles. The predicted octanol–water partition coefficient (Wildman–Crippen LogP) is 3.89. The van der Waals surface area contributed by atoms with Gasteiger partial charge in [-0.25, -0.2) is 0 Å². The van der Waals surface area contributed by atoms with Gasteiger partial charge < -0.3 is 22.8 Å². The van der Waals surface area contributed by atoms with Crippen molar-refractivity contribution in [3.63, 3.8) is 0 Å². The summed E-state index contributed by atoms with van der Waals surface area (Å²) >= 11 is 0. The Hall–Kier alpha value is -1.36. The third kappa shape index (κ3) is 8.45. The second-order valence-electron chi connectivity index (χ2n) is 4.53. The van der Waals surface area contributed by atoms with E-state index in [1.54, 1.807) is 0 Å². The van der Waals surface area contributed by atoms with Crippen molar-refractivity contribution in [2.45, 2.75) is 27.2 Å². The summed E-state index contributed by atoms with van der Waals surface area (Å²) in [6.45, 7) is 6.51. The molecule has 2 nitrogen and oxygen atoms in total. The summed E-state index contributed by atoms with van der Waals surface area (Å²) in [7, 11) is -6.00. The summed E-state index contributed by atoms with van der Waals surface area (Å²) in [5.41, 5.74) is 10.7. The molecule has 0 saturated heterocycles. The van der Waals surface area contributed by atoms with Gasteiger partial charge in [0.15, 0.2) is 0 Å². The fourth-order valence-corrected chi connectivity index (χ4v) is 1.17. The van der Waals surface area contributed by atoms with E-state index in [0.717, 1.165) is 12.1 Å². The summed E-state index contributed by atoms with van der Waals surface area (Å²) in [5.74, 6) is 0. The number of hydrogen-bond acceptors (Lipinski definition) is 0. The first-order valence-electron chi connectivity index (χ1n) is 5.01. The van der Waals surface area contributed by atoms with Crippen LogP contribution in [0.25, 0.3) is 5.53 Å². The summed E-state index contributed by atoms with van der Waals surface area (Å²) in [5, 5.41) is 0. The number of rotatable bonds is 0. The van der Waals surface area contributed by atoms with Crippen LogP contribution in [-0.2, 0) is 0 Å². The molecule has 1 rings (SSSR count). The molecule has 0 aromatic rings. The minimum absolute atomic E-state index is 0.192. The van der Waals surface area contributed by atoms with E-state index in [0.29, 0.717) is 0 Å². The summed E-state index contributed by atoms with van der Waals surface area (Å²) in [4.78, 5) is 3.15. The molecule has 1 aliphatic carbocycles. The lowest BCUT2D eigenvalue weighted by molar-refractivity contribution is -0.00543. The first kappa shape index (κ1) is 15.6. The standard InChI is InChI=1S/C10H14N2.BF4/c1-10(2,3)8-4-6-9(12-11)7-5-8;2-1(3,4)5/h4-6H,7H2,1-3H3;/q;-1. The van der Waals surface area contributed by atoms with E-state index in [-0.39, 0.29) is 5.41 Å². The third-order valence-corrected chi connectivity index (χ3v) is 1.98. The molecule has 0 saturated carbocycles. The first-order chi connectivity index (χ1) is 7.54. The highest BCUT2D eigenvalue weighted by molar-refractivity contribution is 6.50. The highest BCUT2D eigenvalue weighted by atomic mass is 19.5. The molecular formula is C10H14BF4N2-. The molecule has 1 aliphatic rings. The lowest BCUT2D eigenvalue weighted by Crippen LogP contribution is -2.11. The molecule has 0 bridgehead atoms. The SMILES string of the molecule is CC(C)(C)C1=CCC(=[N+]=[N-])C=C1.F[B-](F)(F)F. The number of hydrogen-bond donors (Lipinski definition) is 0. The van der Waals surface area contributed by atoms with Crippen LogP contribution >= 0.6 is 0 Å². The molecule has 0 heterocycles. The van der Waals surface area contributed by atoms with Crippen LogP contribution in [0.3, 0.4) is 0 Å². The maximum atomic E-state index is 9.75. The highest BCUT2D eigenvalue weighted by Gasteiger charge is 2.20. The maximum absolute atomic E-state index is 9.75. The van der Waals surface area contributed by atoms with Crippen molar-refractivity contribution >= 4 is 13.0 Å². The van der Waals surface area contributed by atoms with Gasteiger partial charge in [0.2, 0.25) is 0 Å². The van der Waals surface area contributed by atoms with Gasteiger partial charge in [0.25, 0.3) is 5.71 Å². The molecule has 0 aliphatic heterocycles. The molecular weight excluding hydrogens is 235 g/mol. The molecule has 0 radical (unpaired) electrons. The predicted molar refractivity (Wildman–Crippen MR) is 60.1 cm³/mol. The van der Waals surface area contributed by atoms with Crippen LogP contribution in [0.15, 0.2) is 23.8 Å². The van der Waals surface area contributed by atoms with Crippen LogP contribution < -0.4 is 0 Å². The van der Waals surface area contributed by atoms with Crippen molar-refractivity contribution in [1.29, 1.82) is 0 Å². The Morgan fingerprint density at radius 2 is 1.65 bits per heavy atom. The van der Waals surface area contributed by atoms with E-state index >= 15 is 0 Å². The maximum Gasteiger partial charge on any atom is 0.673 e. The smallest absolute Gasteiger partial charge is 0.418 e. The van der Waals surface area contributed by atoms with E-state index in [9.17, 15) is 17.3 Å². The van der Waals surface area contributed by atoms with E-state index in [4.69, 9.17) is 5.53 Å². The normalized spacial score (nSPS) is 15.7. The van der Waals surface area contributed by atoms with Crippen molar-refractivity contribution in [3.05, 3.63) is 29.3 Å². The van der Waals surface area contributed by atoms with Crippen LogP contribution in [0.4, 0.5) is 17.3 Å². The van der Waals surface area contributed by atoms with Gasteiger partial charge in [0, 0.05) is 6.08 Å². The number of nitrogens with zero attached hydrogens (tertiary/aromatic N) is 2. The van der Waals surface area contributed by atoms with Crippen LogP contribution in [0.2, 0.25) is 0 Å². The van der Waals surface area contributed by atoms with Gasteiger partial charge in [0.05, 0.1) is 6.42 Å². The van der Waals surface area contributed by atoms with Gasteiger partial charge in [-0.2, -0.15) is 4.79 Å². The van der Waals surface area contributed by atoms with Gasteiger partial charge in [-0.15, -0.1) is 0 Å². The Bertz CT molecular complexity index is 365. The zero-order valence-corrected chi connectivity index (χ0v) is 9.92. The second kappa shape index (κ2) is 5.82. The fraction of sp³-hybridized carbons (Fsp3) is 0.500. The zero-order valence-electron chi connectivity index (χ0n) is 9.92. The van der Waals surface area contributed by atoms with Crippen molar-refractivity contribution in [3.8, 4) is 0 Å². The lowest BCUT2D eigenvalue weighted by atomic mass is 9.83. The van der Waals surface area contributed by atoms with E-state index in [2.05, 4.69) is 31.6 Å². The molecule has 0 amide bonds. The van der Waals surface area contributed by atoms with Crippen LogP contribution in [-0.4, -0.2) is 17.8 Å².